The van der Waals surface area contributed by atoms with Gasteiger partial charge >= 0.3 is 5.97 Å². The van der Waals surface area contributed by atoms with Gasteiger partial charge in [-0.1, -0.05) is 17.7 Å². The number of hydrogen-bond donors (Lipinski definition) is 2. The number of aliphatic carboxylic acids is 1. The van der Waals surface area contributed by atoms with Crippen LogP contribution in [0.4, 0.5) is 14.5 Å². The number of carbonyl (C=O) groups is 2. The molecule has 0 saturated heterocycles. The highest BCUT2D eigenvalue weighted by Crippen LogP contribution is 2.29. The molecule has 3 aromatic rings. The zero-order valence-electron chi connectivity index (χ0n) is 12.3. The second-order valence-electron chi connectivity index (χ2n) is 5.09. The SMILES string of the molecule is O=C(O)Cc1cc(Cl)c(NC(=O)c2nsc3cccc(F)c23)cc1F. The van der Waals surface area contributed by atoms with Crippen LogP contribution in [0.2, 0.25) is 5.02 Å². The predicted octanol–water partition coefficient (Wildman–Crippen LogP) is 4.11. The van der Waals surface area contributed by atoms with Crippen LogP contribution in [0.1, 0.15) is 16.1 Å². The average molecular weight is 383 g/mol. The van der Waals surface area contributed by atoms with E-state index < -0.39 is 29.9 Å². The summed E-state index contributed by atoms with van der Waals surface area (Å²) in [6.45, 7) is 0. The lowest BCUT2D eigenvalue weighted by molar-refractivity contribution is -0.136. The summed E-state index contributed by atoms with van der Waals surface area (Å²) in [5.41, 5.74) is -0.305. The van der Waals surface area contributed by atoms with Gasteiger partial charge in [0.25, 0.3) is 5.91 Å². The fourth-order valence-corrected chi connectivity index (χ4v) is 3.29. The molecule has 0 aliphatic carbocycles. The number of carboxylic acid groups (broad SMARTS) is 1. The van der Waals surface area contributed by atoms with Gasteiger partial charge in [-0.05, 0) is 35.8 Å². The molecule has 0 aliphatic rings. The third-order valence-electron chi connectivity index (χ3n) is 3.39. The van der Waals surface area contributed by atoms with Gasteiger partial charge in [0.1, 0.15) is 11.6 Å². The lowest BCUT2D eigenvalue weighted by atomic mass is 10.1. The van der Waals surface area contributed by atoms with E-state index in [1.165, 1.54) is 12.1 Å². The first-order valence-corrected chi connectivity index (χ1v) is 8.07. The minimum Gasteiger partial charge on any atom is -0.481 e. The Bertz CT molecular complexity index is 1010. The van der Waals surface area contributed by atoms with E-state index in [2.05, 4.69) is 9.69 Å². The van der Waals surface area contributed by atoms with Crippen LogP contribution in [0.25, 0.3) is 10.1 Å². The fourth-order valence-electron chi connectivity index (χ4n) is 2.27. The molecule has 128 valence electrons. The Labute approximate surface area is 149 Å². The quantitative estimate of drug-likeness (QED) is 0.711. The van der Waals surface area contributed by atoms with E-state index in [4.69, 9.17) is 16.7 Å². The summed E-state index contributed by atoms with van der Waals surface area (Å²) in [4.78, 5) is 23.0. The number of carboxylic acids is 1. The van der Waals surface area contributed by atoms with Crippen molar-refractivity contribution in [1.29, 1.82) is 0 Å². The molecule has 3 rings (SSSR count). The highest BCUT2D eigenvalue weighted by atomic mass is 35.5. The molecule has 0 radical (unpaired) electrons. The molecule has 5 nitrogen and oxygen atoms in total. The van der Waals surface area contributed by atoms with Crippen LogP contribution in [-0.4, -0.2) is 21.4 Å². The van der Waals surface area contributed by atoms with E-state index in [1.807, 2.05) is 0 Å². The largest absolute Gasteiger partial charge is 0.481 e. The molecule has 1 heterocycles. The molecule has 0 fully saturated rings. The number of carbonyl (C=O) groups excluding carboxylic acids is 1. The molecule has 0 aliphatic heterocycles. The van der Waals surface area contributed by atoms with Crippen molar-refractivity contribution in [2.75, 3.05) is 5.32 Å². The molecule has 1 amide bonds. The maximum atomic E-state index is 14.0. The summed E-state index contributed by atoms with van der Waals surface area (Å²) in [5, 5.41) is 11.1. The van der Waals surface area contributed by atoms with Gasteiger partial charge in [0.05, 0.1) is 27.2 Å². The van der Waals surface area contributed by atoms with Crippen molar-refractivity contribution in [3.05, 3.63) is 58.2 Å². The summed E-state index contributed by atoms with van der Waals surface area (Å²) in [6.07, 6.45) is -0.540. The van der Waals surface area contributed by atoms with Crippen LogP contribution >= 0.6 is 23.1 Å². The molecular formula is C16H9ClF2N2O3S. The van der Waals surface area contributed by atoms with Crippen molar-refractivity contribution in [2.24, 2.45) is 0 Å². The second-order valence-corrected chi connectivity index (χ2v) is 6.30. The third kappa shape index (κ3) is 3.45. The van der Waals surface area contributed by atoms with Crippen molar-refractivity contribution < 1.29 is 23.5 Å². The average Bonchev–Trinajstić information content (AvgIpc) is 2.97. The van der Waals surface area contributed by atoms with Crippen molar-refractivity contribution in [3.8, 4) is 0 Å². The first-order valence-electron chi connectivity index (χ1n) is 6.91. The summed E-state index contributed by atoms with van der Waals surface area (Å²) in [7, 11) is 0. The second kappa shape index (κ2) is 6.73. The van der Waals surface area contributed by atoms with E-state index >= 15 is 0 Å². The van der Waals surface area contributed by atoms with Crippen LogP contribution in [0.5, 0.6) is 0 Å². The molecule has 0 atom stereocenters. The van der Waals surface area contributed by atoms with E-state index in [0.717, 1.165) is 23.7 Å². The van der Waals surface area contributed by atoms with Crippen LogP contribution in [0, 0.1) is 11.6 Å². The topological polar surface area (TPSA) is 79.3 Å². The number of halogens is 3. The normalized spacial score (nSPS) is 10.8. The summed E-state index contributed by atoms with van der Waals surface area (Å²) < 4.78 is 32.3. The van der Waals surface area contributed by atoms with Gasteiger partial charge in [-0.2, -0.15) is 4.37 Å². The molecule has 0 bridgehead atoms. The Balaban J connectivity index is 1.93. The van der Waals surface area contributed by atoms with Crippen LogP contribution in [-0.2, 0) is 11.2 Å². The van der Waals surface area contributed by atoms with E-state index in [0.29, 0.717) is 4.70 Å². The first kappa shape index (κ1) is 17.2. The van der Waals surface area contributed by atoms with Gasteiger partial charge in [-0.25, -0.2) is 8.78 Å². The minimum absolute atomic E-state index is 0.0361. The number of benzene rings is 2. The summed E-state index contributed by atoms with van der Waals surface area (Å²) >= 11 is 6.93. The van der Waals surface area contributed by atoms with Crippen molar-refractivity contribution in [1.82, 2.24) is 4.37 Å². The molecule has 25 heavy (non-hydrogen) atoms. The number of rotatable bonds is 4. The lowest BCUT2D eigenvalue weighted by Gasteiger charge is -2.09. The van der Waals surface area contributed by atoms with E-state index in [-0.39, 0.29) is 27.4 Å². The van der Waals surface area contributed by atoms with Gasteiger partial charge in [-0.3, -0.25) is 9.59 Å². The molecule has 9 heteroatoms. The van der Waals surface area contributed by atoms with Gasteiger partial charge in [0, 0.05) is 5.56 Å². The van der Waals surface area contributed by atoms with Crippen molar-refractivity contribution >= 4 is 50.8 Å². The van der Waals surface area contributed by atoms with Gasteiger partial charge < -0.3 is 10.4 Å². The fraction of sp³-hybridized carbons (Fsp3) is 0.0625. The number of amides is 1. The van der Waals surface area contributed by atoms with Crippen molar-refractivity contribution in [3.63, 3.8) is 0 Å². The first-order chi connectivity index (χ1) is 11.9. The van der Waals surface area contributed by atoms with Crippen molar-refractivity contribution in [2.45, 2.75) is 6.42 Å². The number of nitrogens with one attached hydrogen (secondary N) is 1. The molecule has 2 N–H and O–H groups in total. The molecule has 0 saturated carbocycles. The summed E-state index contributed by atoms with van der Waals surface area (Å²) in [6, 6.07) is 6.38. The Kier molecular flexibility index (Phi) is 4.65. The maximum Gasteiger partial charge on any atom is 0.307 e. The van der Waals surface area contributed by atoms with Gasteiger partial charge in [-0.15, -0.1) is 0 Å². The zero-order chi connectivity index (χ0) is 18.1. The zero-order valence-corrected chi connectivity index (χ0v) is 13.9. The minimum atomic E-state index is -1.21. The molecule has 2 aromatic carbocycles. The Morgan fingerprint density at radius 1 is 1.24 bits per heavy atom. The number of fused-ring (bicyclic) bond motifs is 1. The van der Waals surface area contributed by atoms with Crippen LogP contribution in [0.15, 0.2) is 30.3 Å². The Morgan fingerprint density at radius 2 is 2.00 bits per heavy atom. The van der Waals surface area contributed by atoms with E-state index in [1.54, 1.807) is 6.07 Å². The van der Waals surface area contributed by atoms with Gasteiger partial charge in [0.2, 0.25) is 0 Å². The standard InChI is InChI=1S/C16H9ClF2N2O3S/c17-8-4-7(5-13(22)23)10(19)6-11(8)20-16(24)15-14-9(18)2-1-3-12(14)25-21-15/h1-4,6H,5H2,(H,20,24)(H,22,23). The monoisotopic (exact) mass is 382 g/mol. The predicted molar refractivity (Wildman–Crippen MR) is 90.3 cm³/mol. The summed E-state index contributed by atoms with van der Waals surface area (Å²) in [5.74, 6) is -3.37. The Morgan fingerprint density at radius 3 is 2.72 bits per heavy atom. The number of hydrogen-bond acceptors (Lipinski definition) is 4. The van der Waals surface area contributed by atoms with Crippen LogP contribution in [0.3, 0.4) is 0 Å². The molecular weight excluding hydrogens is 374 g/mol. The highest BCUT2D eigenvalue weighted by molar-refractivity contribution is 7.13. The third-order valence-corrected chi connectivity index (χ3v) is 4.51. The van der Waals surface area contributed by atoms with Gasteiger partial charge in [0.15, 0.2) is 5.69 Å². The number of nitrogens with zero attached hydrogens (tertiary/aromatic N) is 1. The Hall–Kier alpha value is -2.58. The van der Waals surface area contributed by atoms with E-state index in [9.17, 15) is 18.4 Å². The lowest BCUT2D eigenvalue weighted by Crippen LogP contribution is -2.14. The smallest absolute Gasteiger partial charge is 0.307 e. The highest BCUT2D eigenvalue weighted by Gasteiger charge is 2.20. The number of anilines is 1. The molecule has 0 spiro atoms. The van der Waals surface area contributed by atoms with Crippen LogP contribution < -0.4 is 5.32 Å². The number of aromatic nitrogens is 1. The molecule has 1 aromatic heterocycles. The maximum absolute atomic E-state index is 14.0. The molecule has 0 unspecified atom stereocenters.